The molecule has 1 fully saturated rings. The number of benzene rings is 1. The summed E-state index contributed by atoms with van der Waals surface area (Å²) in [5.74, 6) is 0. The predicted molar refractivity (Wildman–Crippen MR) is 80.2 cm³/mol. The first-order chi connectivity index (χ1) is 9.62. The van der Waals surface area contributed by atoms with E-state index in [9.17, 15) is 5.11 Å². The average Bonchev–Trinajstić information content (AvgIpc) is 2.91. The monoisotopic (exact) mass is 272 g/mol. The minimum Gasteiger partial charge on any atom is -0.387 e. The van der Waals surface area contributed by atoms with Crippen molar-refractivity contribution in [3.8, 4) is 6.07 Å². The predicted octanol–water partition coefficient (Wildman–Crippen LogP) is 3.10. The maximum Gasteiger partial charge on any atom is 0.0991 e. The van der Waals surface area contributed by atoms with Crippen molar-refractivity contribution in [3.63, 3.8) is 0 Å². The van der Waals surface area contributed by atoms with E-state index in [1.165, 1.54) is 19.3 Å². The van der Waals surface area contributed by atoms with Crippen LogP contribution in [0.2, 0.25) is 0 Å². The fourth-order valence-corrected chi connectivity index (χ4v) is 3.14. The third-order valence-electron chi connectivity index (χ3n) is 4.87. The zero-order valence-electron chi connectivity index (χ0n) is 12.5. The molecule has 0 saturated carbocycles. The third-order valence-corrected chi connectivity index (χ3v) is 4.87. The summed E-state index contributed by atoms with van der Waals surface area (Å²) in [6.45, 7) is 7.39. The van der Waals surface area contributed by atoms with Gasteiger partial charge in [-0.25, -0.2) is 0 Å². The molecule has 20 heavy (non-hydrogen) atoms. The molecule has 1 aliphatic rings. The van der Waals surface area contributed by atoms with Gasteiger partial charge >= 0.3 is 0 Å². The maximum atomic E-state index is 10.3. The summed E-state index contributed by atoms with van der Waals surface area (Å²) in [5, 5.41) is 19.1. The number of hydrogen-bond donors (Lipinski definition) is 1. The van der Waals surface area contributed by atoms with E-state index in [1.54, 1.807) is 12.1 Å². The number of hydrogen-bond acceptors (Lipinski definition) is 3. The molecule has 1 heterocycles. The second-order valence-electron chi connectivity index (χ2n) is 5.94. The lowest BCUT2D eigenvalue weighted by Crippen LogP contribution is -2.30. The second-order valence-corrected chi connectivity index (χ2v) is 5.94. The molecule has 3 heteroatoms. The number of likely N-dealkylation sites (tertiary alicyclic amines) is 1. The SMILES string of the molecule is CCC1(CC)CCN(CC(O)c2ccc(C#N)cc2)C1. The summed E-state index contributed by atoms with van der Waals surface area (Å²) >= 11 is 0. The molecule has 2 rings (SSSR count). The van der Waals surface area contributed by atoms with Crippen LogP contribution in [-0.4, -0.2) is 29.6 Å². The molecule has 0 aliphatic carbocycles. The van der Waals surface area contributed by atoms with Crippen molar-refractivity contribution in [2.24, 2.45) is 5.41 Å². The molecule has 1 N–H and O–H groups in total. The van der Waals surface area contributed by atoms with Gasteiger partial charge in [0.15, 0.2) is 0 Å². The van der Waals surface area contributed by atoms with Crippen LogP contribution in [0, 0.1) is 16.7 Å². The van der Waals surface area contributed by atoms with Gasteiger partial charge in [-0.15, -0.1) is 0 Å². The van der Waals surface area contributed by atoms with Crippen LogP contribution < -0.4 is 0 Å². The fraction of sp³-hybridized carbons (Fsp3) is 0.588. The Morgan fingerprint density at radius 1 is 1.30 bits per heavy atom. The molecule has 1 atom stereocenters. The molecular formula is C17H24N2O. The van der Waals surface area contributed by atoms with Gasteiger partial charge in [0.2, 0.25) is 0 Å². The third kappa shape index (κ3) is 3.20. The first-order valence-electron chi connectivity index (χ1n) is 7.53. The average molecular weight is 272 g/mol. The topological polar surface area (TPSA) is 47.3 Å². The van der Waals surface area contributed by atoms with E-state index >= 15 is 0 Å². The maximum absolute atomic E-state index is 10.3. The van der Waals surface area contributed by atoms with Crippen LogP contribution in [0.15, 0.2) is 24.3 Å². The van der Waals surface area contributed by atoms with E-state index in [2.05, 4.69) is 24.8 Å². The molecule has 1 unspecified atom stereocenters. The molecule has 3 nitrogen and oxygen atoms in total. The van der Waals surface area contributed by atoms with Crippen LogP contribution >= 0.6 is 0 Å². The zero-order chi connectivity index (χ0) is 14.6. The zero-order valence-corrected chi connectivity index (χ0v) is 12.5. The molecular weight excluding hydrogens is 248 g/mol. The van der Waals surface area contributed by atoms with Gasteiger partial charge in [-0.1, -0.05) is 26.0 Å². The van der Waals surface area contributed by atoms with Gasteiger partial charge in [-0.3, -0.25) is 4.90 Å². The quantitative estimate of drug-likeness (QED) is 0.896. The van der Waals surface area contributed by atoms with Gasteiger partial charge in [0.1, 0.15) is 0 Å². The van der Waals surface area contributed by atoms with E-state index in [-0.39, 0.29) is 0 Å². The second kappa shape index (κ2) is 6.39. The van der Waals surface area contributed by atoms with Crippen LogP contribution in [0.25, 0.3) is 0 Å². The molecule has 0 spiro atoms. The Labute approximate surface area is 121 Å². The van der Waals surface area contributed by atoms with Gasteiger partial charge in [0, 0.05) is 13.1 Å². The van der Waals surface area contributed by atoms with Crippen molar-refractivity contribution in [2.45, 2.75) is 39.2 Å². The summed E-state index contributed by atoms with van der Waals surface area (Å²) in [6.07, 6.45) is 3.20. The molecule has 1 saturated heterocycles. The summed E-state index contributed by atoms with van der Waals surface area (Å²) in [5.41, 5.74) is 1.98. The molecule has 108 valence electrons. The lowest BCUT2D eigenvalue weighted by atomic mass is 9.82. The molecule has 0 radical (unpaired) electrons. The Balaban J connectivity index is 1.95. The van der Waals surface area contributed by atoms with Gasteiger partial charge in [-0.2, -0.15) is 5.26 Å². The highest BCUT2D eigenvalue weighted by Gasteiger charge is 2.35. The Morgan fingerprint density at radius 2 is 1.95 bits per heavy atom. The van der Waals surface area contributed by atoms with Crippen molar-refractivity contribution in [1.82, 2.24) is 4.90 Å². The van der Waals surface area contributed by atoms with Gasteiger partial charge < -0.3 is 5.11 Å². The minimum absolute atomic E-state index is 0.449. The highest BCUT2D eigenvalue weighted by Crippen LogP contribution is 2.37. The van der Waals surface area contributed by atoms with Gasteiger partial charge in [-0.05, 0) is 48.9 Å². The number of aliphatic hydroxyl groups is 1. The number of nitriles is 1. The van der Waals surface area contributed by atoms with Crippen LogP contribution in [0.1, 0.15) is 50.3 Å². The Bertz CT molecular complexity index is 471. The van der Waals surface area contributed by atoms with Crippen LogP contribution in [0.3, 0.4) is 0 Å². The van der Waals surface area contributed by atoms with Crippen LogP contribution in [-0.2, 0) is 0 Å². The minimum atomic E-state index is -0.466. The van der Waals surface area contributed by atoms with Crippen molar-refractivity contribution in [3.05, 3.63) is 35.4 Å². The molecule has 0 amide bonds. The Morgan fingerprint density at radius 3 is 2.45 bits per heavy atom. The van der Waals surface area contributed by atoms with Crippen molar-refractivity contribution < 1.29 is 5.11 Å². The van der Waals surface area contributed by atoms with E-state index < -0.39 is 6.10 Å². The van der Waals surface area contributed by atoms with E-state index in [4.69, 9.17) is 5.26 Å². The number of β-amino-alcohol motifs (C(OH)–C–C–N with tert-alkyl or cyclic N) is 1. The normalized spacial score (nSPS) is 19.7. The Kier molecular flexibility index (Phi) is 4.80. The van der Waals surface area contributed by atoms with E-state index in [0.29, 0.717) is 17.5 Å². The summed E-state index contributed by atoms with van der Waals surface area (Å²) in [7, 11) is 0. The van der Waals surface area contributed by atoms with E-state index in [1.807, 2.05) is 12.1 Å². The standard InChI is InChI=1S/C17H24N2O/c1-3-17(4-2)9-10-19(13-17)12-16(20)15-7-5-14(11-18)6-8-15/h5-8,16,20H,3-4,9-10,12-13H2,1-2H3. The highest BCUT2D eigenvalue weighted by atomic mass is 16.3. The number of aliphatic hydroxyl groups excluding tert-OH is 1. The van der Waals surface area contributed by atoms with Crippen LogP contribution in [0.4, 0.5) is 0 Å². The van der Waals surface area contributed by atoms with Crippen molar-refractivity contribution >= 4 is 0 Å². The van der Waals surface area contributed by atoms with Gasteiger partial charge in [0.05, 0.1) is 17.7 Å². The van der Waals surface area contributed by atoms with E-state index in [0.717, 1.165) is 18.7 Å². The first kappa shape index (κ1) is 15.0. The lowest BCUT2D eigenvalue weighted by Gasteiger charge is -2.27. The lowest BCUT2D eigenvalue weighted by molar-refractivity contribution is 0.117. The molecule has 1 aromatic rings. The molecule has 0 aromatic heterocycles. The molecule has 1 aliphatic heterocycles. The first-order valence-corrected chi connectivity index (χ1v) is 7.53. The number of rotatable bonds is 5. The summed E-state index contributed by atoms with van der Waals surface area (Å²) < 4.78 is 0. The highest BCUT2D eigenvalue weighted by molar-refractivity contribution is 5.32. The molecule has 0 bridgehead atoms. The smallest absolute Gasteiger partial charge is 0.0991 e. The number of nitrogens with zero attached hydrogens (tertiary/aromatic N) is 2. The van der Waals surface area contributed by atoms with Crippen molar-refractivity contribution in [2.75, 3.05) is 19.6 Å². The summed E-state index contributed by atoms with van der Waals surface area (Å²) in [6, 6.07) is 9.34. The van der Waals surface area contributed by atoms with Crippen LogP contribution in [0.5, 0.6) is 0 Å². The van der Waals surface area contributed by atoms with Gasteiger partial charge in [0.25, 0.3) is 0 Å². The largest absolute Gasteiger partial charge is 0.387 e. The molecule has 1 aromatic carbocycles. The summed E-state index contributed by atoms with van der Waals surface area (Å²) in [4.78, 5) is 2.37. The van der Waals surface area contributed by atoms with Crippen molar-refractivity contribution in [1.29, 1.82) is 5.26 Å². The fourth-order valence-electron chi connectivity index (χ4n) is 3.14. The Hall–Kier alpha value is -1.37.